The van der Waals surface area contributed by atoms with Gasteiger partial charge in [0, 0.05) is 0 Å². The van der Waals surface area contributed by atoms with Crippen molar-refractivity contribution in [2.24, 2.45) is 0 Å². The van der Waals surface area contributed by atoms with Crippen LogP contribution in [0.2, 0.25) is 17.2 Å². The molecule has 198 valence electrons. The first-order valence-electron chi connectivity index (χ1n) is 16.3. The van der Waals surface area contributed by atoms with Crippen molar-refractivity contribution in [3.05, 3.63) is 0 Å². The van der Waals surface area contributed by atoms with Crippen molar-refractivity contribution in [3.8, 4) is 0 Å². The normalized spacial score (nSPS) is 16.1. The van der Waals surface area contributed by atoms with Gasteiger partial charge in [0.2, 0.25) is 0 Å². The molecule has 0 saturated heterocycles. The molecule has 33 heavy (non-hydrogen) atoms. The summed E-state index contributed by atoms with van der Waals surface area (Å²) in [6.07, 6.45) is 38.2. The van der Waals surface area contributed by atoms with Crippen LogP contribution in [0.25, 0.3) is 0 Å². The Hall–Kier alpha value is 0.799. The third-order valence-electron chi connectivity index (χ3n) is 9.06. The van der Waals surface area contributed by atoms with Crippen LogP contribution in [0, 0.1) is 0 Å². The second-order valence-corrected chi connectivity index (χ2v) is 26.3. The fraction of sp³-hybridized carbons (Fsp3) is 1.00. The molecule has 1 aliphatic carbocycles. The summed E-state index contributed by atoms with van der Waals surface area (Å²) in [4.78, 5) is 0. The molecule has 0 aliphatic heterocycles. The summed E-state index contributed by atoms with van der Waals surface area (Å²) in [5, 5.41) is 0. The molecule has 0 aromatic carbocycles. The van der Waals surface area contributed by atoms with Gasteiger partial charge in [-0.3, -0.25) is 0 Å². The number of hydrogen-bond acceptors (Lipinski definition) is 0. The van der Waals surface area contributed by atoms with Gasteiger partial charge in [-0.05, 0) is 0 Å². The molecule has 1 saturated carbocycles. The van der Waals surface area contributed by atoms with Crippen LogP contribution in [-0.4, -0.2) is 18.4 Å². The fourth-order valence-corrected chi connectivity index (χ4v) is 25.3. The molecule has 0 amide bonds. The standard InChI is InChI=1S/C8H15.3C8H17.Sn/c1-2-4-6-8-7-5-3-1;3*1-3-5-7-8-6-4-2;/h1H,2-8H2;3*1,3-8H2,2H3;. The van der Waals surface area contributed by atoms with Crippen LogP contribution in [0.4, 0.5) is 0 Å². The summed E-state index contributed by atoms with van der Waals surface area (Å²) in [5.41, 5.74) is 0. The average Bonchev–Trinajstić information content (AvgIpc) is 2.80. The van der Waals surface area contributed by atoms with Crippen molar-refractivity contribution < 1.29 is 0 Å². The van der Waals surface area contributed by atoms with E-state index >= 15 is 0 Å². The Balaban J connectivity index is 2.74. The third kappa shape index (κ3) is 16.2. The quantitative estimate of drug-likeness (QED) is 0.0899. The Morgan fingerprint density at radius 1 is 0.394 bits per heavy atom. The molecule has 1 rings (SSSR count). The Labute approximate surface area is 216 Å². The van der Waals surface area contributed by atoms with E-state index in [1.165, 1.54) is 87.4 Å². The van der Waals surface area contributed by atoms with Gasteiger partial charge in [0.1, 0.15) is 0 Å². The van der Waals surface area contributed by atoms with E-state index in [4.69, 9.17) is 0 Å². The van der Waals surface area contributed by atoms with Crippen LogP contribution in [0.5, 0.6) is 0 Å². The summed E-state index contributed by atoms with van der Waals surface area (Å²) in [6, 6.07) is 0. The van der Waals surface area contributed by atoms with Crippen molar-refractivity contribution in [2.75, 3.05) is 0 Å². The molecule has 0 aromatic rings. The van der Waals surface area contributed by atoms with E-state index in [1.54, 1.807) is 90.4 Å². The predicted octanol–water partition coefficient (Wildman–Crippen LogP) is 12.6. The van der Waals surface area contributed by atoms with Gasteiger partial charge in [0.05, 0.1) is 0 Å². The van der Waals surface area contributed by atoms with Crippen LogP contribution in [0.15, 0.2) is 0 Å². The zero-order valence-corrected chi connectivity index (χ0v) is 26.7. The summed E-state index contributed by atoms with van der Waals surface area (Å²) in [6.45, 7) is 7.07. The maximum absolute atomic E-state index is 2.36. The van der Waals surface area contributed by atoms with Crippen LogP contribution in [0.1, 0.15) is 181 Å². The Bertz CT molecular complexity index is 341. The van der Waals surface area contributed by atoms with Crippen LogP contribution in [-0.2, 0) is 0 Å². The molecule has 0 radical (unpaired) electrons. The zero-order chi connectivity index (χ0) is 23.9. The third-order valence-corrected chi connectivity index (χ3v) is 27.2. The van der Waals surface area contributed by atoms with Gasteiger partial charge < -0.3 is 0 Å². The van der Waals surface area contributed by atoms with Crippen molar-refractivity contribution in [2.45, 2.75) is 199 Å². The van der Waals surface area contributed by atoms with E-state index in [2.05, 4.69) is 20.8 Å². The second kappa shape index (κ2) is 23.2. The Morgan fingerprint density at radius 2 is 0.697 bits per heavy atom. The second-order valence-electron chi connectivity index (χ2n) is 12.0. The van der Waals surface area contributed by atoms with Gasteiger partial charge >= 0.3 is 217 Å². The molecule has 1 fully saturated rings. The maximum atomic E-state index is 2.36. The first-order valence-corrected chi connectivity index (χ1v) is 24.0. The van der Waals surface area contributed by atoms with E-state index in [-0.39, 0.29) is 0 Å². The molecule has 0 heterocycles. The molecule has 0 N–H and O–H groups in total. The Morgan fingerprint density at radius 3 is 1.06 bits per heavy atom. The van der Waals surface area contributed by atoms with Gasteiger partial charge in [-0.2, -0.15) is 0 Å². The Kier molecular flexibility index (Phi) is 22.4. The summed E-state index contributed by atoms with van der Waals surface area (Å²) < 4.78 is 6.57. The van der Waals surface area contributed by atoms with Crippen LogP contribution < -0.4 is 0 Å². The molecule has 0 bridgehead atoms. The monoisotopic (exact) mass is 570 g/mol. The number of unbranched alkanes of at least 4 members (excludes halogenated alkanes) is 15. The minimum absolute atomic E-state index is 1.25. The van der Waals surface area contributed by atoms with Crippen molar-refractivity contribution >= 4 is 18.4 Å². The first-order chi connectivity index (χ1) is 16.3. The first kappa shape index (κ1) is 31.8. The van der Waals surface area contributed by atoms with E-state index in [1.807, 2.05) is 0 Å². The van der Waals surface area contributed by atoms with E-state index < -0.39 is 18.4 Å². The number of hydrogen-bond donors (Lipinski definition) is 0. The number of rotatable bonds is 22. The van der Waals surface area contributed by atoms with E-state index in [0.29, 0.717) is 0 Å². The SMILES string of the molecule is CCCCCCC[CH2][Sn]([CH2]CCCCCCC)([CH2]CCCCCCC)[CH]1CCCCCCC1. The summed E-state index contributed by atoms with van der Waals surface area (Å²) in [7, 11) is 0. The van der Waals surface area contributed by atoms with Crippen LogP contribution in [0.3, 0.4) is 0 Å². The van der Waals surface area contributed by atoms with Gasteiger partial charge in [-0.1, -0.05) is 0 Å². The molecule has 0 atom stereocenters. The average molecular weight is 570 g/mol. The van der Waals surface area contributed by atoms with Crippen molar-refractivity contribution in [3.63, 3.8) is 0 Å². The molecule has 0 spiro atoms. The van der Waals surface area contributed by atoms with E-state index in [0.717, 1.165) is 0 Å². The molecule has 0 unspecified atom stereocenters. The summed E-state index contributed by atoms with van der Waals surface area (Å²) in [5.74, 6) is 0. The molecule has 0 aromatic heterocycles. The molecule has 1 heteroatoms. The van der Waals surface area contributed by atoms with Gasteiger partial charge in [-0.15, -0.1) is 0 Å². The molecular weight excluding hydrogens is 503 g/mol. The van der Waals surface area contributed by atoms with Crippen molar-refractivity contribution in [1.82, 2.24) is 0 Å². The van der Waals surface area contributed by atoms with Gasteiger partial charge in [-0.25, -0.2) is 0 Å². The van der Waals surface area contributed by atoms with Crippen molar-refractivity contribution in [1.29, 1.82) is 0 Å². The van der Waals surface area contributed by atoms with Gasteiger partial charge in [0.25, 0.3) is 0 Å². The molecule has 0 nitrogen and oxygen atoms in total. The van der Waals surface area contributed by atoms with Gasteiger partial charge in [0.15, 0.2) is 0 Å². The fourth-order valence-electron chi connectivity index (χ4n) is 6.83. The topological polar surface area (TPSA) is 0 Å². The predicted molar refractivity (Wildman–Crippen MR) is 156 cm³/mol. The van der Waals surface area contributed by atoms with E-state index in [9.17, 15) is 0 Å². The summed E-state index contributed by atoms with van der Waals surface area (Å²) >= 11 is -2.10. The van der Waals surface area contributed by atoms with Crippen LogP contribution >= 0.6 is 0 Å². The minimum atomic E-state index is -2.10. The zero-order valence-electron chi connectivity index (χ0n) is 23.9. The molecular formula is C32H66Sn. The molecule has 1 aliphatic rings.